The second-order valence-electron chi connectivity index (χ2n) is 8.90. The molecule has 0 aliphatic carbocycles. The minimum absolute atomic E-state index is 0.332. The SMILES string of the molecule is COc1ccc(NC(=O)c2sc3nc(-c4ccc(OC)c(OC)c4)cc(-c4ccc(OC)c(OC)c4)c3c2N)cc1. The zero-order valence-corrected chi connectivity index (χ0v) is 24.0. The number of hydrogen-bond acceptors (Lipinski definition) is 9. The van der Waals surface area contributed by atoms with Crippen LogP contribution in [0.4, 0.5) is 11.4 Å². The highest BCUT2D eigenvalue weighted by Gasteiger charge is 2.23. The highest BCUT2D eigenvalue weighted by atomic mass is 32.1. The maximum Gasteiger partial charge on any atom is 0.267 e. The fraction of sp³-hybridized carbons (Fsp3) is 0.161. The molecule has 5 rings (SSSR count). The molecule has 0 unspecified atom stereocenters. The minimum Gasteiger partial charge on any atom is -0.497 e. The molecule has 0 fully saturated rings. The Kier molecular flexibility index (Phi) is 7.84. The molecule has 0 aliphatic rings. The van der Waals surface area contributed by atoms with Crippen molar-refractivity contribution in [2.24, 2.45) is 0 Å². The Morgan fingerprint density at radius 3 is 1.90 bits per heavy atom. The lowest BCUT2D eigenvalue weighted by atomic mass is 9.99. The van der Waals surface area contributed by atoms with Gasteiger partial charge in [0, 0.05) is 16.6 Å². The summed E-state index contributed by atoms with van der Waals surface area (Å²) >= 11 is 1.23. The number of pyridine rings is 1. The van der Waals surface area contributed by atoms with Crippen molar-refractivity contribution < 1.29 is 28.5 Å². The third-order valence-electron chi connectivity index (χ3n) is 6.63. The van der Waals surface area contributed by atoms with Crippen molar-refractivity contribution in [2.75, 3.05) is 46.6 Å². The fourth-order valence-electron chi connectivity index (χ4n) is 4.53. The first-order chi connectivity index (χ1) is 19.9. The standard InChI is InChI=1S/C31H29N3O6S/c1-36-20-10-8-19(9-11-20)33-30(35)29-28(32)27-21(17-6-12-23(37-2)25(14-17)39-4)16-22(34-31(27)41-29)18-7-13-24(38-3)26(15-18)40-5/h6-16H,32H2,1-5H3,(H,33,35). The molecule has 0 saturated heterocycles. The van der Waals surface area contributed by atoms with Crippen molar-refractivity contribution in [1.82, 2.24) is 4.98 Å². The van der Waals surface area contributed by atoms with Crippen LogP contribution in [0.2, 0.25) is 0 Å². The molecule has 0 aliphatic heterocycles. The summed E-state index contributed by atoms with van der Waals surface area (Å²) in [7, 11) is 7.93. The van der Waals surface area contributed by atoms with E-state index in [9.17, 15) is 4.79 Å². The lowest BCUT2D eigenvalue weighted by Gasteiger charge is -2.13. The van der Waals surface area contributed by atoms with Crippen molar-refractivity contribution in [2.45, 2.75) is 0 Å². The zero-order chi connectivity index (χ0) is 29.1. The van der Waals surface area contributed by atoms with E-state index in [1.54, 1.807) is 59.8 Å². The van der Waals surface area contributed by atoms with E-state index < -0.39 is 0 Å². The number of hydrogen-bond donors (Lipinski definition) is 2. The zero-order valence-electron chi connectivity index (χ0n) is 23.2. The molecule has 0 atom stereocenters. The van der Waals surface area contributed by atoms with Gasteiger partial charge in [0.1, 0.15) is 15.5 Å². The minimum atomic E-state index is -0.332. The topological polar surface area (TPSA) is 114 Å². The number of carbonyl (C=O) groups is 1. The molecule has 2 aromatic heterocycles. The molecule has 9 nitrogen and oxygen atoms in total. The summed E-state index contributed by atoms with van der Waals surface area (Å²) in [5.41, 5.74) is 10.7. The van der Waals surface area contributed by atoms with Crippen molar-refractivity contribution in [3.63, 3.8) is 0 Å². The van der Waals surface area contributed by atoms with Gasteiger partial charge in [0.25, 0.3) is 5.91 Å². The number of rotatable bonds is 9. The summed E-state index contributed by atoms with van der Waals surface area (Å²) in [6, 6.07) is 20.2. The number of thiophene rings is 1. The molecule has 0 spiro atoms. The number of aromatic nitrogens is 1. The number of nitrogen functional groups attached to an aromatic ring is 1. The molecule has 0 radical (unpaired) electrons. The number of carbonyl (C=O) groups excluding carboxylic acids is 1. The fourth-order valence-corrected chi connectivity index (χ4v) is 5.54. The number of amides is 1. The van der Waals surface area contributed by atoms with Gasteiger partial charge < -0.3 is 34.7 Å². The maximum atomic E-state index is 13.4. The molecular weight excluding hydrogens is 542 g/mol. The van der Waals surface area contributed by atoms with Gasteiger partial charge in [0.15, 0.2) is 23.0 Å². The van der Waals surface area contributed by atoms with Gasteiger partial charge in [0.2, 0.25) is 0 Å². The number of nitrogens with zero attached hydrogens (tertiary/aromatic N) is 1. The first-order valence-electron chi connectivity index (χ1n) is 12.5. The summed E-state index contributed by atoms with van der Waals surface area (Å²) in [6.07, 6.45) is 0. The normalized spacial score (nSPS) is 10.8. The van der Waals surface area contributed by atoms with Crippen LogP contribution in [0.15, 0.2) is 66.7 Å². The molecule has 1 amide bonds. The van der Waals surface area contributed by atoms with Crippen LogP contribution < -0.4 is 34.7 Å². The van der Waals surface area contributed by atoms with E-state index in [-0.39, 0.29) is 5.91 Å². The molecule has 3 N–H and O–H groups in total. The molecule has 0 bridgehead atoms. The van der Waals surface area contributed by atoms with Crippen LogP contribution in [-0.2, 0) is 0 Å². The quantitative estimate of drug-likeness (QED) is 0.206. The van der Waals surface area contributed by atoms with E-state index in [0.717, 1.165) is 16.7 Å². The average Bonchev–Trinajstić information content (AvgIpc) is 3.36. The van der Waals surface area contributed by atoms with E-state index in [1.807, 2.05) is 42.5 Å². The predicted octanol–water partition coefficient (Wildman–Crippen LogP) is 6.51. The van der Waals surface area contributed by atoms with Crippen LogP contribution in [0, 0.1) is 0 Å². The predicted molar refractivity (Wildman–Crippen MR) is 162 cm³/mol. The number of methoxy groups -OCH3 is 5. The van der Waals surface area contributed by atoms with E-state index in [2.05, 4.69) is 5.32 Å². The third-order valence-corrected chi connectivity index (χ3v) is 7.73. The number of nitrogens with two attached hydrogens (primary N) is 1. The van der Waals surface area contributed by atoms with E-state index in [1.165, 1.54) is 11.3 Å². The summed E-state index contributed by atoms with van der Waals surface area (Å²) in [5.74, 6) is 2.70. The monoisotopic (exact) mass is 571 g/mol. The Balaban J connectivity index is 1.68. The third kappa shape index (κ3) is 5.29. The van der Waals surface area contributed by atoms with Gasteiger partial charge in [-0.3, -0.25) is 4.79 Å². The van der Waals surface area contributed by atoms with E-state index >= 15 is 0 Å². The van der Waals surface area contributed by atoms with Crippen LogP contribution in [0.1, 0.15) is 9.67 Å². The van der Waals surface area contributed by atoms with E-state index in [4.69, 9.17) is 34.4 Å². The maximum absolute atomic E-state index is 13.4. The molecule has 3 aromatic carbocycles. The van der Waals surface area contributed by atoms with Crippen LogP contribution in [-0.4, -0.2) is 46.4 Å². The van der Waals surface area contributed by atoms with Gasteiger partial charge in [-0.1, -0.05) is 6.07 Å². The van der Waals surface area contributed by atoms with Crippen LogP contribution in [0.3, 0.4) is 0 Å². The number of fused-ring (bicyclic) bond motifs is 1. The number of anilines is 2. The second-order valence-corrected chi connectivity index (χ2v) is 9.90. The van der Waals surface area contributed by atoms with Gasteiger partial charge in [-0.25, -0.2) is 4.98 Å². The summed E-state index contributed by atoms with van der Waals surface area (Å²) in [4.78, 5) is 19.3. The average molecular weight is 572 g/mol. The lowest BCUT2D eigenvalue weighted by Crippen LogP contribution is -2.11. The van der Waals surface area contributed by atoms with Gasteiger partial charge in [0.05, 0.1) is 46.9 Å². The molecule has 41 heavy (non-hydrogen) atoms. The Labute approximate surface area is 241 Å². The second kappa shape index (κ2) is 11.6. The summed E-state index contributed by atoms with van der Waals surface area (Å²) < 4.78 is 27.1. The first-order valence-corrected chi connectivity index (χ1v) is 13.4. The largest absolute Gasteiger partial charge is 0.497 e. The first kappa shape index (κ1) is 27.6. The Bertz CT molecular complexity index is 1730. The van der Waals surface area contributed by atoms with Crippen LogP contribution >= 0.6 is 11.3 Å². The Hall–Kier alpha value is -4.96. The van der Waals surface area contributed by atoms with Crippen LogP contribution in [0.5, 0.6) is 28.7 Å². The summed E-state index contributed by atoms with van der Waals surface area (Å²) in [5, 5.41) is 3.59. The molecule has 10 heteroatoms. The van der Waals surface area contributed by atoms with Crippen molar-refractivity contribution in [1.29, 1.82) is 0 Å². The molecule has 0 saturated carbocycles. The van der Waals surface area contributed by atoms with Gasteiger partial charge >= 0.3 is 0 Å². The molecular formula is C31H29N3O6S. The van der Waals surface area contributed by atoms with Gasteiger partial charge in [-0.2, -0.15) is 0 Å². The van der Waals surface area contributed by atoms with E-state index in [0.29, 0.717) is 60.9 Å². The number of benzene rings is 3. The summed E-state index contributed by atoms with van der Waals surface area (Å²) in [6.45, 7) is 0. The number of nitrogens with one attached hydrogen (secondary N) is 1. The number of ether oxygens (including phenoxy) is 5. The van der Waals surface area contributed by atoms with Crippen molar-refractivity contribution >= 4 is 38.8 Å². The Morgan fingerprint density at radius 2 is 1.32 bits per heavy atom. The molecule has 210 valence electrons. The highest BCUT2D eigenvalue weighted by Crippen LogP contribution is 2.44. The van der Waals surface area contributed by atoms with Gasteiger partial charge in [-0.05, 0) is 71.8 Å². The Morgan fingerprint density at radius 1 is 0.732 bits per heavy atom. The smallest absolute Gasteiger partial charge is 0.267 e. The molecule has 5 aromatic rings. The van der Waals surface area contributed by atoms with Crippen molar-refractivity contribution in [3.05, 3.63) is 71.6 Å². The molecule has 2 heterocycles. The van der Waals surface area contributed by atoms with Crippen LogP contribution in [0.25, 0.3) is 32.6 Å². The van der Waals surface area contributed by atoms with Gasteiger partial charge in [-0.15, -0.1) is 11.3 Å². The lowest BCUT2D eigenvalue weighted by molar-refractivity contribution is 0.103. The van der Waals surface area contributed by atoms with Crippen molar-refractivity contribution in [3.8, 4) is 51.1 Å². The highest BCUT2D eigenvalue weighted by molar-refractivity contribution is 7.21.